The molecule has 0 aliphatic carbocycles. The Morgan fingerprint density at radius 1 is 1.17 bits per heavy atom. The fraction of sp³-hybridized carbons (Fsp3) is 0.364. The number of para-hydroxylation sites is 1. The van der Waals surface area contributed by atoms with E-state index in [0.29, 0.717) is 29.4 Å². The van der Waals surface area contributed by atoms with Crippen LogP contribution in [0.1, 0.15) is 25.3 Å². The fourth-order valence-corrected chi connectivity index (χ4v) is 3.93. The Hall–Kier alpha value is -2.57. The van der Waals surface area contributed by atoms with Crippen molar-refractivity contribution in [2.45, 2.75) is 32.4 Å². The first-order chi connectivity index (χ1) is 14.1. The van der Waals surface area contributed by atoms with Gasteiger partial charge in [-0.2, -0.15) is 4.98 Å². The Morgan fingerprint density at radius 3 is 2.76 bits per heavy atom. The van der Waals surface area contributed by atoms with Gasteiger partial charge in [0.25, 0.3) is 0 Å². The molecule has 29 heavy (non-hydrogen) atoms. The van der Waals surface area contributed by atoms with Crippen LogP contribution in [0.5, 0.6) is 5.75 Å². The van der Waals surface area contributed by atoms with Crippen molar-refractivity contribution in [1.29, 1.82) is 0 Å². The van der Waals surface area contributed by atoms with E-state index in [9.17, 15) is 0 Å². The summed E-state index contributed by atoms with van der Waals surface area (Å²) in [4.78, 5) is 11.5. The molecule has 152 valence electrons. The molecule has 0 spiro atoms. The van der Waals surface area contributed by atoms with E-state index in [1.807, 2.05) is 43.3 Å². The summed E-state index contributed by atoms with van der Waals surface area (Å²) >= 11 is 6.19. The highest BCUT2D eigenvalue weighted by molar-refractivity contribution is 6.32. The van der Waals surface area contributed by atoms with E-state index in [2.05, 4.69) is 26.3 Å². The lowest BCUT2D eigenvalue weighted by molar-refractivity contribution is 0.210. The molecule has 0 saturated carbocycles. The first-order valence-corrected chi connectivity index (χ1v) is 10.4. The summed E-state index contributed by atoms with van der Waals surface area (Å²) in [5.41, 5.74) is 8.18. The minimum atomic E-state index is 0.344. The van der Waals surface area contributed by atoms with Crippen LogP contribution in [0.2, 0.25) is 5.02 Å². The smallest absolute Gasteiger partial charge is 0.225 e. The molecule has 3 N–H and O–H groups in total. The average Bonchev–Trinajstić information content (AvgIpc) is 2.72. The number of aromatic nitrogens is 2. The standard InChI is InChI=1S/C22H26ClN5O/c1-2-29-20-13-15(7-8-18(20)23)14-28-11-9-16(10-12-28)25-22-26-19-6-4-3-5-17(19)21(24)27-22/h3-8,13,16H,2,9-12,14H2,1H3,(H3,24,25,26,27). The maximum absolute atomic E-state index is 6.19. The molecule has 0 radical (unpaired) electrons. The molecule has 6 nitrogen and oxygen atoms in total. The van der Waals surface area contributed by atoms with Crippen LogP contribution in [0.4, 0.5) is 11.8 Å². The van der Waals surface area contributed by atoms with Crippen molar-refractivity contribution in [3.05, 3.63) is 53.1 Å². The van der Waals surface area contributed by atoms with E-state index in [1.165, 1.54) is 5.56 Å². The van der Waals surface area contributed by atoms with Gasteiger partial charge in [-0.15, -0.1) is 0 Å². The molecule has 0 amide bonds. The Kier molecular flexibility index (Phi) is 6.02. The molecule has 1 aromatic heterocycles. The van der Waals surface area contributed by atoms with Crippen LogP contribution in [0.15, 0.2) is 42.5 Å². The third-order valence-electron chi connectivity index (χ3n) is 5.26. The zero-order valence-electron chi connectivity index (χ0n) is 16.6. The molecule has 4 rings (SSSR count). The van der Waals surface area contributed by atoms with Crippen LogP contribution in [0.25, 0.3) is 10.9 Å². The number of nitrogens with zero attached hydrogens (tertiary/aromatic N) is 3. The first kappa shape index (κ1) is 19.7. The number of likely N-dealkylation sites (tertiary alicyclic amines) is 1. The van der Waals surface area contributed by atoms with Crippen LogP contribution in [-0.2, 0) is 6.54 Å². The van der Waals surface area contributed by atoms with Crippen molar-refractivity contribution in [2.75, 3.05) is 30.7 Å². The number of hydrogen-bond donors (Lipinski definition) is 2. The highest BCUT2D eigenvalue weighted by Gasteiger charge is 2.20. The highest BCUT2D eigenvalue weighted by atomic mass is 35.5. The van der Waals surface area contributed by atoms with Crippen molar-refractivity contribution in [2.24, 2.45) is 0 Å². The van der Waals surface area contributed by atoms with E-state index in [4.69, 9.17) is 22.1 Å². The summed E-state index contributed by atoms with van der Waals surface area (Å²) in [7, 11) is 0. The lowest BCUT2D eigenvalue weighted by Gasteiger charge is -2.32. The summed E-state index contributed by atoms with van der Waals surface area (Å²) in [5, 5.41) is 5.02. The van der Waals surface area contributed by atoms with Gasteiger partial charge in [0.05, 0.1) is 17.1 Å². The number of nitrogen functional groups attached to an aromatic ring is 1. The van der Waals surface area contributed by atoms with Crippen LogP contribution in [0, 0.1) is 0 Å². The molecule has 0 bridgehead atoms. The Labute approximate surface area is 176 Å². The van der Waals surface area contributed by atoms with Crippen molar-refractivity contribution in [1.82, 2.24) is 14.9 Å². The molecule has 1 fully saturated rings. The van der Waals surface area contributed by atoms with Crippen molar-refractivity contribution < 1.29 is 4.74 Å². The molecule has 0 atom stereocenters. The quantitative estimate of drug-likeness (QED) is 0.628. The molecule has 0 unspecified atom stereocenters. The van der Waals surface area contributed by atoms with Gasteiger partial charge >= 0.3 is 0 Å². The number of nitrogens with one attached hydrogen (secondary N) is 1. The minimum Gasteiger partial charge on any atom is -0.492 e. The average molecular weight is 412 g/mol. The van der Waals surface area contributed by atoms with Crippen LogP contribution in [-0.4, -0.2) is 40.6 Å². The molecule has 7 heteroatoms. The van der Waals surface area contributed by atoms with E-state index < -0.39 is 0 Å². The SMILES string of the molecule is CCOc1cc(CN2CCC(Nc3nc(N)c4ccccc4n3)CC2)ccc1Cl. The van der Waals surface area contributed by atoms with Gasteiger partial charge in [0, 0.05) is 31.1 Å². The summed E-state index contributed by atoms with van der Waals surface area (Å²) < 4.78 is 5.61. The molecule has 2 aromatic carbocycles. The van der Waals surface area contributed by atoms with Crippen molar-refractivity contribution in [3.8, 4) is 5.75 Å². The van der Waals surface area contributed by atoms with E-state index in [-0.39, 0.29) is 0 Å². The third-order valence-corrected chi connectivity index (χ3v) is 5.57. The van der Waals surface area contributed by atoms with Crippen molar-refractivity contribution in [3.63, 3.8) is 0 Å². The maximum atomic E-state index is 6.19. The Morgan fingerprint density at radius 2 is 1.97 bits per heavy atom. The van der Waals surface area contributed by atoms with E-state index in [1.54, 1.807) is 0 Å². The number of nitrogens with two attached hydrogens (primary N) is 1. The lowest BCUT2D eigenvalue weighted by atomic mass is 10.0. The topological polar surface area (TPSA) is 76.3 Å². The van der Waals surface area contributed by atoms with E-state index in [0.717, 1.165) is 49.1 Å². The molecular formula is C22H26ClN5O. The first-order valence-electron chi connectivity index (χ1n) is 10.0. The number of benzene rings is 2. The second-order valence-corrected chi connectivity index (χ2v) is 7.75. The van der Waals surface area contributed by atoms with Gasteiger partial charge in [-0.3, -0.25) is 4.90 Å². The normalized spacial score (nSPS) is 15.5. The number of rotatable bonds is 6. The number of anilines is 2. The summed E-state index contributed by atoms with van der Waals surface area (Å²) in [5.74, 6) is 1.89. The lowest BCUT2D eigenvalue weighted by Crippen LogP contribution is -2.39. The highest BCUT2D eigenvalue weighted by Crippen LogP contribution is 2.27. The summed E-state index contributed by atoms with van der Waals surface area (Å²) in [6, 6.07) is 14.2. The molecule has 1 aliphatic heterocycles. The summed E-state index contributed by atoms with van der Waals surface area (Å²) in [6.45, 7) is 5.49. The Balaban J connectivity index is 1.35. The number of ether oxygens (including phenoxy) is 1. The maximum Gasteiger partial charge on any atom is 0.225 e. The molecule has 1 saturated heterocycles. The molecular weight excluding hydrogens is 386 g/mol. The van der Waals surface area contributed by atoms with Crippen molar-refractivity contribution >= 4 is 34.3 Å². The van der Waals surface area contributed by atoms with Crippen LogP contribution < -0.4 is 15.8 Å². The number of hydrogen-bond acceptors (Lipinski definition) is 6. The molecule has 3 aromatic rings. The predicted molar refractivity (Wildman–Crippen MR) is 118 cm³/mol. The monoisotopic (exact) mass is 411 g/mol. The Bertz CT molecular complexity index is 988. The summed E-state index contributed by atoms with van der Waals surface area (Å²) in [6.07, 6.45) is 2.06. The van der Waals surface area contributed by atoms with Gasteiger partial charge in [-0.25, -0.2) is 4.98 Å². The minimum absolute atomic E-state index is 0.344. The van der Waals surface area contributed by atoms with Gasteiger partial charge < -0.3 is 15.8 Å². The van der Waals surface area contributed by atoms with Gasteiger partial charge in [0.15, 0.2) is 0 Å². The number of halogens is 1. The largest absolute Gasteiger partial charge is 0.492 e. The van der Waals surface area contributed by atoms with Crippen LogP contribution >= 0.6 is 11.6 Å². The third kappa shape index (κ3) is 4.71. The van der Waals surface area contributed by atoms with Gasteiger partial charge in [0.2, 0.25) is 5.95 Å². The van der Waals surface area contributed by atoms with Crippen LogP contribution in [0.3, 0.4) is 0 Å². The number of piperidine rings is 1. The van der Waals surface area contributed by atoms with E-state index >= 15 is 0 Å². The van der Waals surface area contributed by atoms with Gasteiger partial charge in [-0.1, -0.05) is 29.8 Å². The number of fused-ring (bicyclic) bond motifs is 1. The zero-order valence-corrected chi connectivity index (χ0v) is 17.3. The predicted octanol–water partition coefficient (Wildman–Crippen LogP) is 4.34. The fourth-order valence-electron chi connectivity index (χ4n) is 3.75. The molecule has 2 heterocycles. The zero-order chi connectivity index (χ0) is 20.2. The van der Waals surface area contributed by atoms with Gasteiger partial charge in [0.1, 0.15) is 11.6 Å². The van der Waals surface area contributed by atoms with Gasteiger partial charge in [-0.05, 0) is 49.6 Å². The molecule has 1 aliphatic rings. The second-order valence-electron chi connectivity index (χ2n) is 7.34. The second kappa shape index (κ2) is 8.84.